The molecule has 2 fully saturated rings. The molecule has 0 aromatic heterocycles. The molecule has 36 heavy (non-hydrogen) atoms. The number of hydrogen-bond acceptors (Lipinski definition) is 6. The van der Waals surface area contributed by atoms with E-state index in [9.17, 15) is 29.1 Å². The Morgan fingerprint density at radius 2 is 1.47 bits per heavy atom. The van der Waals surface area contributed by atoms with Gasteiger partial charge in [-0.3, -0.25) is 24.0 Å². The second-order valence-electron chi connectivity index (χ2n) is 9.11. The van der Waals surface area contributed by atoms with Crippen molar-refractivity contribution in [1.82, 2.24) is 26.2 Å². The van der Waals surface area contributed by atoms with Crippen molar-refractivity contribution < 1.29 is 29.1 Å². The Balaban J connectivity index is 1.95. The van der Waals surface area contributed by atoms with E-state index in [0.717, 1.165) is 0 Å². The first kappa shape index (κ1) is 27.1. The predicted molar refractivity (Wildman–Crippen MR) is 130 cm³/mol. The molecule has 5 atom stereocenters. The molecule has 5 N–H and O–H groups in total. The Hall–Kier alpha value is -3.47. The van der Waals surface area contributed by atoms with Gasteiger partial charge in [0.05, 0.1) is 19.1 Å². The molecule has 196 valence electrons. The van der Waals surface area contributed by atoms with E-state index >= 15 is 0 Å². The number of fused-ring (bicyclic) bond motifs is 1. The lowest BCUT2D eigenvalue weighted by atomic mass is 10.0. The van der Waals surface area contributed by atoms with Crippen molar-refractivity contribution >= 4 is 29.5 Å². The van der Waals surface area contributed by atoms with Crippen molar-refractivity contribution in [3.8, 4) is 0 Å². The first-order chi connectivity index (χ1) is 17.3. The molecular weight excluding hydrogens is 466 g/mol. The second kappa shape index (κ2) is 12.5. The molecule has 11 heteroatoms. The molecule has 5 unspecified atom stereocenters. The van der Waals surface area contributed by atoms with Crippen LogP contribution in [0.1, 0.15) is 57.6 Å². The van der Waals surface area contributed by atoms with Crippen LogP contribution in [0.4, 0.5) is 0 Å². The second-order valence-corrected chi connectivity index (χ2v) is 9.11. The molecule has 2 saturated heterocycles. The molecule has 1 aromatic carbocycles. The molecule has 0 saturated carbocycles. The molecule has 0 aliphatic carbocycles. The van der Waals surface area contributed by atoms with E-state index in [-0.39, 0.29) is 18.7 Å². The summed E-state index contributed by atoms with van der Waals surface area (Å²) in [6.45, 7) is 3.19. The quantitative estimate of drug-likeness (QED) is 0.375. The van der Waals surface area contributed by atoms with Crippen LogP contribution in [0.2, 0.25) is 0 Å². The standard InChI is InChI=1S/C25H35N5O6/c1-3-16-22(33)29-19(14-31)23(34)28-18(15-9-6-5-7-10-15)13-21(32)26-17(4-2)25(36)30-12-8-11-20(30)24(35)27-16/h5-7,9-10,16-20,31H,3-4,8,11-14H2,1-2H3,(H,26,32)(H,27,35)(H,28,34)(H,29,33). The lowest BCUT2D eigenvalue weighted by Crippen LogP contribution is -2.59. The van der Waals surface area contributed by atoms with Gasteiger partial charge >= 0.3 is 0 Å². The summed E-state index contributed by atoms with van der Waals surface area (Å²) in [6.07, 6.45) is 1.48. The smallest absolute Gasteiger partial charge is 0.245 e. The fourth-order valence-electron chi connectivity index (χ4n) is 4.58. The van der Waals surface area contributed by atoms with E-state index in [1.807, 2.05) is 0 Å². The van der Waals surface area contributed by atoms with Gasteiger partial charge < -0.3 is 31.3 Å². The number of aliphatic hydroxyl groups is 1. The van der Waals surface area contributed by atoms with Crippen LogP contribution in [0.3, 0.4) is 0 Å². The number of carbonyl (C=O) groups is 5. The number of benzene rings is 1. The molecular formula is C25H35N5O6. The largest absolute Gasteiger partial charge is 0.394 e. The van der Waals surface area contributed by atoms with Gasteiger partial charge in [-0.15, -0.1) is 0 Å². The van der Waals surface area contributed by atoms with Gasteiger partial charge in [-0.1, -0.05) is 44.2 Å². The Bertz CT molecular complexity index is 971. The van der Waals surface area contributed by atoms with Crippen LogP contribution in [-0.4, -0.2) is 76.9 Å². The number of amides is 5. The summed E-state index contributed by atoms with van der Waals surface area (Å²) in [5, 5.41) is 20.5. The monoisotopic (exact) mass is 501 g/mol. The minimum Gasteiger partial charge on any atom is -0.394 e. The van der Waals surface area contributed by atoms with Crippen LogP contribution in [0.25, 0.3) is 0 Å². The average molecular weight is 502 g/mol. The summed E-state index contributed by atoms with van der Waals surface area (Å²) in [5.41, 5.74) is 0.655. The van der Waals surface area contributed by atoms with Gasteiger partial charge in [-0.05, 0) is 31.2 Å². The van der Waals surface area contributed by atoms with Crippen LogP contribution in [0, 0.1) is 0 Å². The summed E-state index contributed by atoms with van der Waals surface area (Å²) >= 11 is 0. The van der Waals surface area contributed by atoms with Crippen LogP contribution >= 0.6 is 0 Å². The van der Waals surface area contributed by atoms with Gasteiger partial charge in [-0.2, -0.15) is 0 Å². The fraction of sp³-hybridized carbons (Fsp3) is 0.560. The lowest BCUT2D eigenvalue weighted by Gasteiger charge is -2.30. The first-order valence-electron chi connectivity index (χ1n) is 12.5. The average Bonchev–Trinajstić information content (AvgIpc) is 3.38. The third-order valence-corrected chi connectivity index (χ3v) is 6.64. The van der Waals surface area contributed by atoms with Crippen LogP contribution < -0.4 is 21.3 Å². The highest BCUT2D eigenvalue weighted by molar-refractivity contribution is 5.96. The zero-order valence-electron chi connectivity index (χ0n) is 20.7. The van der Waals surface area contributed by atoms with Gasteiger partial charge in [-0.25, -0.2) is 0 Å². The number of carbonyl (C=O) groups excluding carboxylic acids is 5. The van der Waals surface area contributed by atoms with Crippen molar-refractivity contribution in [3.05, 3.63) is 35.9 Å². The lowest BCUT2D eigenvalue weighted by molar-refractivity contribution is -0.142. The van der Waals surface area contributed by atoms with Crippen molar-refractivity contribution in [2.75, 3.05) is 13.2 Å². The topological polar surface area (TPSA) is 157 Å². The third kappa shape index (κ3) is 6.39. The first-order valence-corrected chi connectivity index (χ1v) is 12.5. The highest BCUT2D eigenvalue weighted by Gasteiger charge is 2.39. The number of rotatable bonds is 4. The number of hydrogen-bond donors (Lipinski definition) is 5. The summed E-state index contributed by atoms with van der Waals surface area (Å²) in [4.78, 5) is 66.7. The molecule has 2 aliphatic heterocycles. The van der Waals surface area contributed by atoms with Crippen molar-refractivity contribution in [2.24, 2.45) is 0 Å². The van der Waals surface area contributed by atoms with Gasteiger partial charge in [0.25, 0.3) is 0 Å². The molecule has 5 amide bonds. The van der Waals surface area contributed by atoms with E-state index in [0.29, 0.717) is 31.4 Å². The maximum absolute atomic E-state index is 13.3. The van der Waals surface area contributed by atoms with Crippen LogP contribution in [0.5, 0.6) is 0 Å². The summed E-state index contributed by atoms with van der Waals surface area (Å²) in [7, 11) is 0. The summed E-state index contributed by atoms with van der Waals surface area (Å²) in [5.74, 6) is -2.57. The fourth-order valence-corrected chi connectivity index (χ4v) is 4.58. The minimum absolute atomic E-state index is 0.160. The highest BCUT2D eigenvalue weighted by Crippen LogP contribution is 2.21. The van der Waals surface area contributed by atoms with Crippen LogP contribution in [0.15, 0.2) is 30.3 Å². The Labute approximate surface area is 210 Å². The molecule has 1 aromatic rings. The molecule has 2 aliphatic rings. The highest BCUT2D eigenvalue weighted by atomic mass is 16.3. The zero-order chi connectivity index (χ0) is 26.2. The number of nitrogens with zero attached hydrogens (tertiary/aromatic N) is 1. The van der Waals surface area contributed by atoms with Crippen LogP contribution in [-0.2, 0) is 24.0 Å². The van der Waals surface area contributed by atoms with Gasteiger partial charge in [0, 0.05) is 6.54 Å². The Morgan fingerprint density at radius 3 is 2.11 bits per heavy atom. The van der Waals surface area contributed by atoms with Gasteiger partial charge in [0.2, 0.25) is 29.5 Å². The van der Waals surface area contributed by atoms with Crippen molar-refractivity contribution in [3.63, 3.8) is 0 Å². The Kier molecular flexibility index (Phi) is 9.40. The molecule has 0 radical (unpaired) electrons. The SMILES string of the molecule is CCC1NC(=O)C2CCCN2C(=O)C(CC)NC(=O)CC(c2ccccc2)NC(=O)C(CO)NC1=O. The normalized spacial score (nSPS) is 28.6. The maximum Gasteiger partial charge on any atom is 0.245 e. The molecule has 0 bridgehead atoms. The third-order valence-electron chi connectivity index (χ3n) is 6.64. The molecule has 3 rings (SSSR count). The summed E-state index contributed by atoms with van der Waals surface area (Å²) in [6, 6.07) is 4.27. The van der Waals surface area contributed by atoms with E-state index < -0.39 is 60.4 Å². The number of aliphatic hydroxyl groups excluding tert-OH is 1. The zero-order valence-corrected chi connectivity index (χ0v) is 20.7. The predicted octanol–water partition coefficient (Wildman–Crippen LogP) is -0.495. The van der Waals surface area contributed by atoms with E-state index in [1.165, 1.54) is 4.90 Å². The van der Waals surface area contributed by atoms with Gasteiger partial charge in [0.1, 0.15) is 24.2 Å². The molecule has 2 heterocycles. The molecule has 11 nitrogen and oxygen atoms in total. The van der Waals surface area contributed by atoms with Crippen molar-refractivity contribution in [2.45, 2.75) is 76.2 Å². The molecule has 0 spiro atoms. The van der Waals surface area contributed by atoms with E-state index in [4.69, 9.17) is 0 Å². The van der Waals surface area contributed by atoms with E-state index in [2.05, 4.69) is 21.3 Å². The van der Waals surface area contributed by atoms with Gasteiger partial charge in [0.15, 0.2) is 0 Å². The number of nitrogens with one attached hydrogen (secondary N) is 4. The van der Waals surface area contributed by atoms with E-state index in [1.54, 1.807) is 44.2 Å². The summed E-state index contributed by atoms with van der Waals surface area (Å²) < 4.78 is 0. The van der Waals surface area contributed by atoms with Crippen molar-refractivity contribution in [1.29, 1.82) is 0 Å². The minimum atomic E-state index is -1.28. The Morgan fingerprint density at radius 1 is 0.833 bits per heavy atom. The maximum atomic E-state index is 13.3.